The zero-order valence-corrected chi connectivity index (χ0v) is 20.0. The van der Waals surface area contributed by atoms with Gasteiger partial charge in [0.2, 0.25) is 5.43 Å². The Morgan fingerprint density at radius 1 is 1.03 bits per heavy atom. The van der Waals surface area contributed by atoms with Crippen molar-refractivity contribution in [3.05, 3.63) is 118 Å². The number of thioether (sulfide) groups is 1. The van der Waals surface area contributed by atoms with Crippen LogP contribution in [-0.4, -0.2) is 21.1 Å². The van der Waals surface area contributed by atoms with Gasteiger partial charge in [0.15, 0.2) is 0 Å². The van der Waals surface area contributed by atoms with Crippen molar-refractivity contribution < 1.29 is 9.90 Å². The van der Waals surface area contributed by atoms with Crippen LogP contribution in [0.5, 0.6) is 0 Å². The number of pyridine rings is 1. The van der Waals surface area contributed by atoms with Crippen LogP contribution in [0.15, 0.2) is 94.9 Å². The Hall–Kier alpha value is -3.81. The summed E-state index contributed by atoms with van der Waals surface area (Å²) in [5.41, 5.74) is 4.87. The third-order valence-corrected chi connectivity index (χ3v) is 7.20. The fraction of sp³-hybridized carbons (Fsp3) is 0.143. The van der Waals surface area contributed by atoms with Crippen molar-refractivity contribution in [2.24, 2.45) is 0 Å². The molecule has 7 heteroatoms. The minimum Gasteiger partial charge on any atom is -0.477 e. The number of nitrogens with one attached hydrogen (secondary N) is 2. The predicted molar refractivity (Wildman–Crippen MR) is 140 cm³/mol. The maximum atomic E-state index is 13.0. The number of aryl methyl sites for hydroxylation is 1. The highest BCUT2D eigenvalue weighted by molar-refractivity contribution is 8.00. The number of carboxylic acids is 1. The zero-order valence-electron chi connectivity index (χ0n) is 19.2. The van der Waals surface area contributed by atoms with Crippen LogP contribution in [0.2, 0.25) is 0 Å². The Labute approximate surface area is 207 Å². The SMILES string of the molecule is Cc1ccc(CNC2Nc3c(n(Cc4ccccc4-c4ccccc4)cc(C(=O)O)c3=O)S2)cc1. The minimum absolute atomic E-state index is 0.242. The maximum absolute atomic E-state index is 13.0. The van der Waals surface area contributed by atoms with Crippen LogP contribution in [0, 0.1) is 6.92 Å². The molecule has 0 radical (unpaired) electrons. The predicted octanol–water partition coefficient (Wildman–Crippen LogP) is 5.16. The van der Waals surface area contributed by atoms with Crippen molar-refractivity contribution in [3.8, 4) is 11.1 Å². The molecule has 0 saturated heterocycles. The summed E-state index contributed by atoms with van der Waals surface area (Å²) >= 11 is 1.49. The van der Waals surface area contributed by atoms with E-state index in [0.29, 0.717) is 18.8 Å². The Balaban J connectivity index is 1.46. The van der Waals surface area contributed by atoms with E-state index in [1.807, 2.05) is 47.9 Å². The average molecular weight is 484 g/mol. The van der Waals surface area contributed by atoms with Gasteiger partial charge in [0.1, 0.15) is 21.8 Å². The number of hydrogen-bond acceptors (Lipinski definition) is 5. The van der Waals surface area contributed by atoms with Gasteiger partial charge in [-0.1, -0.05) is 96.2 Å². The molecule has 6 nitrogen and oxygen atoms in total. The standard InChI is InChI=1S/C28H25N3O3S/c1-18-11-13-19(14-12-18)15-29-28-30-24-25(32)23(27(33)34)17-31(26(24)35-28)16-21-9-5-6-10-22(21)20-7-3-2-4-8-20/h2-14,17,28-30H,15-16H2,1H3,(H,33,34). The molecule has 0 saturated carbocycles. The van der Waals surface area contributed by atoms with Crippen molar-refractivity contribution in [2.75, 3.05) is 5.32 Å². The Bertz CT molecular complexity index is 1430. The number of benzene rings is 3. The quantitative estimate of drug-likeness (QED) is 0.337. The van der Waals surface area contributed by atoms with E-state index in [1.54, 1.807) is 0 Å². The molecule has 0 amide bonds. The van der Waals surface area contributed by atoms with E-state index < -0.39 is 11.4 Å². The van der Waals surface area contributed by atoms with E-state index in [2.05, 4.69) is 53.1 Å². The molecule has 2 heterocycles. The van der Waals surface area contributed by atoms with E-state index in [0.717, 1.165) is 27.3 Å². The summed E-state index contributed by atoms with van der Waals surface area (Å²) in [6.45, 7) is 3.11. The van der Waals surface area contributed by atoms with E-state index >= 15 is 0 Å². The number of rotatable bonds is 7. The van der Waals surface area contributed by atoms with Crippen molar-refractivity contribution in [1.29, 1.82) is 0 Å². The van der Waals surface area contributed by atoms with Gasteiger partial charge in [0.05, 0.1) is 0 Å². The number of aromatic carboxylic acids is 1. The van der Waals surface area contributed by atoms with E-state index in [-0.39, 0.29) is 11.1 Å². The smallest absolute Gasteiger partial charge is 0.341 e. The number of aromatic nitrogens is 1. The molecule has 1 aliphatic heterocycles. The van der Waals surface area contributed by atoms with E-state index in [9.17, 15) is 14.7 Å². The van der Waals surface area contributed by atoms with Crippen molar-refractivity contribution in [2.45, 2.75) is 30.5 Å². The third kappa shape index (κ3) is 4.87. The molecule has 3 aromatic carbocycles. The van der Waals surface area contributed by atoms with E-state index in [1.165, 1.54) is 23.5 Å². The van der Waals surface area contributed by atoms with Crippen LogP contribution >= 0.6 is 11.8 Å². The van der Waals surface area contributed by atoms with Crippen LogP contribution < -0.4 is 16.1 Å². The molecule has 0 fully saturated rings. The Morgan fingerprint density at radius 3 is 2.49 bits per heavy atom. The van der Waals surface area contributed by atoms with Crippen LogP contribution in [0.3, 0.4) is 0 Å². The van der Waals surface area contributed by atoms with E-state index in [4.69, 9.17) is 0 Å². The number of nitrogens with zero attached hydrogens (tertiary/aromatic N) is 1. The Kier molecular flexibility index (Phi) is 6.44. The molecule has 3 N–H and O–H groups in total. The number of carbonyl (C=O) groups is 1. The van der Waals surface area contributed by atoms with Gasteiger partial charge >= 0.3 is 5.97 Å². The molecule has 1 atom stereocenters. The fourth-order valence-corrected chi connectivity index (χ4v) is 5.28. The number of carboxylic acid groups (broad SMARTS) is 1. The molecule has 0 aliphatic carbocycles. The lowest BCUT2D eigenvalue weighted by Crippen LogP contribution is -2.31. The van der Waals surface area contributed by atoms with Gasteiger partial charge in [0.25, 0.3) is 0 Å². The normalized spacial score (nSPS) is 14.4. The molecule has 1 unspecified atom stereocenters. The van der Waals surface area contributed by atoms with Gasteiger partial charge in [-0.2, -0.15) is 0 Å². The first-order valence-electron chi connectivity index (χ1n) is 11.4. The van der Waals surface area contributed by atoms with Gasteiger partial charge in [0, 0.05) is 19.3 Å². The molecular weight excluding hydrogens is 458 g/mol. The number of hydrogen-bond donors (Lipinski definition) is 3. The van der Waals surface area contributed by atoms with Crippen LogP contribution in [0.4, 0.5) is 5.69 Å². The summed E-state index contributed by atoms with van der Waals surface area (Å²) in [6, 6.07) is 26.4. The van der Waals surface area contributed by atoms with Gasteiger partial charge in [-0.3, -0.25) is 10.1 Å². The summed E-state index contributed by atoms with van der Waals surface area (Å²) in [5.74, 6) is -1.23. The third-order valence-electron chi connectivity index (χ3n) is 6.02. The molecular formula is C28H25N3O3S. The summed E-state index contributed by atoms with van der Waals surface area (Å²) in [4.78, 5) is 24.8. The van der Waals surface area contributed by atoms with Crippen LogP contribution in [-0.2, 0) is 13.1 Å². The topological polar surface area (TPSA) is 83.4 Å². The van der Waals surface area contributed by atoms with Crippen molar-refractivity contribution in [3.63, 3.8) is 0 Å². The highest BCUT2D eigenvalue weighted by Crippen LogP contribution is 2.36. The highest BCUT2D eigenvalue weighted by Gasteiger charge is 2.29. The fourth-order valence-electron chi connectivity index (χ4n) is 4.19. The number of fused-ring (bicyclic) bond motifs is 1. The van der Waals surface area contributed by atoms with Crippen LogP contribution in [0.1, 0.15) is 27.0 Å². The average Bonchev–Trinajstić information content (AvgIpc) is 3.31. The monoisotopic (exact) mass is 483 g/mol. The summed E-state index contributed by atoms with van der Waals surface area (Å²) in [6.07, 6.45) is 1.46. The maximum Gasteiger partial charge on any atom is 0.341 e. The summed E-state index contributed by atoms with van der Waals surface area (Å²) in [7, 11) is 0. The van der Waals surface area contributed by atoms with Crippen LogP contribution in [0.25, 0.3) is 11.1 Å². The molecule has 0 bridgehead atoms. The van der Waals surface area contributed by atoms with Crippen molar-refractivity contribution >= 4 is 23.4 Å². The second-order valence-corrected chi connectivity index (χ2v) is 9.61. The van der Waals surface area contributed by atoms with Gasteiger partial charge in [-0.25, -0.2) is 4.79 Å². The van der Waals surface area contributed by atoms with Crippen molar-refractivity contribution in [1.82, 2.24) is 9.88 Å². The van der Waals surface area contributed by atoms with Gasteiger partial charge < -0.3 is 15.0 Å². The van der Waals surface area contributed by atoms with Gasteiger partial charge in [-0.15, -0.1) is 0 Å². The molecule has 5 rings (SSSR count). The lowest BCUT2D eigenvalue weighted by Gasteiger charge is -2.16. The molecule has 0 spiro atoms. The second kappa shape index (κ2) is 9.82. The largest absolute Gasteiger partial charge is 0.477 e. The van der Waals surface area contributed by atoms with Gasteiger partial charge in [-0.05, 0) is 29.2 Å². The first kappa shape index (κ1) is 23.0. The molecule has 176 valence electrons. The zero-order chi connectivity index (χ0) is 24.4. The molecule has 35 heavy (non-hydrogen) atoms. The Morgan fingerprint density at radius 2 is 1.74 bits per heavy atom. The first-order valence-corrected chi connectivity index (χ1v) is 12.2. The lowest BCUT2D eigenvalue weighted by atomic mass is 9.99. The number of anilines is 1. The first-order chi connectivity index (χ1) is 17.0. The molecule has 4 aromatic rings. The lowest BCUT2D eigenvalue weighted by molar-refractivity contribution is 0.0694. The molecule has 1 aromatic heterocycles. The highest BCUT2D eigenvalue weighted by atomic mass is 32.2. The minimum atomic E-state index is -1.23. The second-order valence-electron chi connectivity index (χ2n) is 8.52. The molecule has 1 aliphatic rings. The summed E-state index contributed by atoms with van der Waals surface area (Å²) < 4.78 is 1.87. The summed E-state index contributed by atoms with van der Waals surface area (Å²) in [5, 5.41) is 17.1.